The Morgan fingerprint density at radius 3 is 2.66 bits per heavy atom. The minimum atomic E-state index is -3.99. The van der Waals surface area contributed by atoms with Gasteiger partial charge < -0.3 is 14.6 Å². The van der Waals surface area contributed by atoms with Gasteiger partial charge in [-0.25, -0.2) is 18.2 Å². The molecule has 1 aromatic rings. The van der Waals surface area contributed by atoms with Crippen molar-refractivity contribution >= 4 is 27.5 Å². The predicted octanol–water partition coefficient (Wildman–Crippen LogP) is 0.676. The van der Waals surface area contributed by atoms with E-state index < -0.39 is 33.4 Å². The maximum atomic E-state index is 13.1. The molecule has 29 heavy (non-hydrogen) atoms. The molecule has 0 aliphatic carbocycles. The molecule has 162 valence electrons. The number of aliphatic hydroxyl groups is 1. The van der Waals surface area contributed by atoms with E-state index in [1.807, 2.05) is 18.2 Å². The Morgan fingerprint density at radius 2 is 2.00 bits per heavy atom. The van der Waals surface area contributed by atoms with Gasteiger partial charge in [-0.15, -0.1) is 0 Å². The van der Waals surface area contributed by atoms with Gasteiger partial charge in [-0.1, -0.05) is 29.8 Å². The zero-order valence-electron chi connectivity index (χ0n) is 15.8. The van der Waals surface area contributed by atoms with E-state index in [2.05, 4.69) is 0 Å². The first kappa shape index (κ1) is 22.4. The highest BCUT2D eigenvalue weighted by molar-refractivity contribution is 7.89. The number of rotatable bonds is 6. The fourth-order valence-corrected chi connectivity index (χ4v) is 6.04. The molecule has 2 fully saturated rings. The zero-order valence-corrected chi connectivity index (χ0v) is 17.4. The first-order chi connectivity index (χ1) is 13.8. The number of carbonyl (C=O) groups excluding carboxylic acids is 1. The van der Waals surface area contributed by atoms with Crippen LogP contribution in [0.2, 0.25) is 5.02 Å². The fraction of sp³-hybridized carbons (Fsp3) is 0.611. The van der Waals surface area contributed by atoms with Gasteiger partial charge in [0.1, 0.15) is 5.25 Å². The van der Waals surface area contributed by atoms with Crippen LogP contribution in [0, 0.1) is 0 Å². The standard InChI is InChI=1S/C18H25ClN2O7S/c19-15-4-2-1-3-13(15)11-28-14-5-8-21(9-6-14)29(25,26)16-7-10-27-12-18(16,23)17(22)20-24/h1-4,14,16,23-24H,5-12H2,(H,20,22). The van der Waals surface area contributed by atoms with Crippen LogP contribution in [0.25, 0.3) is 0 Å². The third kappa shape index (κ3) is 4.74. The van der Waals surface area contributed by atoms with E-state index >= 15 is 0 Å². The highest BCUT2D eigenvalue weighted by Crippen LogP contribution is 2.31. The SMILES string of the molecule is O=C(NO)C1(O)COCCC1S(=O)(=O)N1CCC(OCc2ccccc2Cl)CC1. The highest BCUT2D eigenvalue weighted by Gasteiger charge is 2.54. The van der Waals surface area contributed by atoms with E-state index in [0.29, 0.717) is 24.5 Å². The van der Waals surface area contributed by atoms with Gasteiger partial charge in [0.15, 0.2) is 5.60 Å². The molecular weight excluding hydrogens is 424 g/mol. The molecule has 9 nitrogen and oxygen atoms in total. The van der Waals surface area contributed by atoms with Crippen molar-refractivity contribution in [3.63, 3.8) is 0 Å². The number of halogens is 1. The number of sulfonamides is 1. The number of hydrogen-bond donors (Lipinski definition) is 3. The number of hydroxylamine groups is 1. The zero-order chi connectivity index (χ0) is 21.1. The molecule has 1 amide bonds. The molecule has 2 heterocycles. The van der Waals surface area contributed by atoms with E-state index in [0.717, 1.165) is 5.56 Å². The normalized spacial score (nSPS) is 26.9. The van der Waals surface area contributed by atoms with Crippen LogP contribution in [0.15, 0.2) is 24.3 Å². The number of carbonyl (C=O) groups is 1. The fourth-order valence-electron chi connectivity index (χ4n) is 3.71. The van der Waals surface area contributed by atoms with Crippen LogP contribution in [-0.4, -0.2) is 72.2 Å². The molecule has 0 radical (unpaired) electrons. The summed E-state index contributed by atoms with van der Waals surface area (Å²) in [5, 5.41) is 18.7. The Labute approximate surface area is 174 Å². The second kappa shape index (κ2) is 9.25. The smallest absolute Gasteiger partial charge is 0.279 e. The molecule has 11 heteroatoms. The quantitative estimate of drug-likeness (QED) is 0.431. The summed E-state index contributed by atoms with van der Waals surface area (Å²) in [7, 11) is -3.99. The summed E-state index contributed by atoms with van der Waals surface area (Å²) in [6.07, 6.45) is 0.802. The van der Waals surface area contributed by atoms with Crippen molar-refractivity contribution in [3.8, 4) is 0 Å². The van der Waals surface area contributed by atoms with Crippen molar-refractivity contribution in [2.45, 2.75) is 42.8 Å². The van der Waals surface area contributed by atoms with Gasteiger partial charge in [0.05, 0.1) is 19.3 Å². The van der Waals surface area contributed by atoms with Crippen molar-refractivity contribution < 1.29 is 33.0 Å². The van der Waals surface area contributed by atoms with Gasteiger partial charge in [-0.2, -0.15) is 0 Å². The van der Waals surface area contributed by atoms with Gasteiger partial charge >= 0.3 is 0 Å². The third-order valence-corrected chi connectivity index (χ3v) is 8.23. The van der Waals surface area contributed by atoms with Gasteiger partial charge in [0, 0.05) is 24.7 Å². The molecule has 2 atom stereocenters. The number of hydrogen-bond acceptors (Lipinski definition) is 7. The van der Waals surface area contributed by atoms with Crippen molar-refractivity contribution in [1.82, 2.24) is 9.79 Å². The molecule has 1 aromatic carbocycles. The van der Waals surface area contributed by atoms with Crippen LogP contribution in [0.3, 0.4) is 0 Å². The number of benzene rings is 1. The topological polar surface area (TPSA) is 125 Å². The Bertz CT molecular complexity index is 829. The average Bonchev–Trinajstić information content (AvgIpc) is 2.73. The van der Waals surface area contributed by atoms with Crippen LogP contribution in [-0.2, 0) is 30.9 Å². The van der Waals surface area contributed by atoms with Crippen molar-refractivity contribution in [1.29, 1.82) is 0 Å². The number of nitrogens with zero attached hydrogens (tertiary/aromatic N) is 1. The molecule has 3 N–H and O–H groups in total. The number of nitrogens with one attached hydrogen (secondary N) is 1. The van der Waals surface area contributed by atoms with Crippen molar-refractivity contribution in [3.05, 3.63) is 34.9 Å². The second-order valence-electron chi connectivity index (χ2n) is 7.24. The average molecular weight is 449 g/mol. The van der Waals surface area contributed by atoms with Gasteiger partial charge in [0.2, 0.25) is 10.0 Å². The van der Waals surface area contributed by atoms with E-state index in [1.54, 1.807) is 6.07 Å². The van der Waals surface area contributed by atoms with Crippen LogP contribution in [0.1, 0.15) is 24.8 Å². The second-order valence-corrected chi connectivity index (χ2v) is 9.76. The first-order valence-electron chi connectivity index (χ1n) is 9.37. The van der Waals surface area contributed by atoms with E-state index in [1.165, 1.54) is 9.79 Å². The predicted molar refractivity (Wildman–Crippen MR) is 104 cm³/mol. The van der Waals surface area contributed by atoms with Crippen LogP contribution < -0.4 is 5.48 Å². The Balaban J connectivity index is 1.61. The lowest BCUT2D eigenvalue weighted by atomic mass is 9.95. The van der Waals surface area contributed by atoms with Crippen LogP contribution in [0.4, 0.5) is 0 Å². The van der Waals surface area contributed by atoms with Crippen LogP contribution >= 0.6 is 11.6 Å². The monoisotopic (exact) mass is 448 g/mol. The number of piperidine rings is 1. The summed E-state index contributed by atoms with van der Waals surface area (Å²) >= 11 is 6.12. The molecule has 2 unspecified atom stereocenters. The lowest BCUT2D eigenvalue weighted by Crippen LogP contribution is -2.64. The molecule has 0 saturated carbocycles. The highest BCUT2D eigenvalue weighted by atomic mass is 35.5. The van der Waals surface area contributed by atoms with E-state index in [4.69, 9.17) is 26.3 Å². The summed E-state index contributed by atoms with van der Waals surface area (Å²) in [5.41, 5.74) is -0.135. The molecule has 0 spiro atoms. The molecule has 2 aliphatic rings. The summed E-state index contributed by atoms with van der Waals surface area (Å²) in [6.45, 7) is 0.365. The summed E-state index contributed by atoms with van der Waals surface area (Å²) in [6, 6.07) is 7.37. The van der Waals surface area contributed by atoms with Gasteiger partial charge in [-0.3, -0.25) is 10.0 Å². The molecule has 3 rings (SSSR count). The van der Waals surface area contributed by atoms with Crippen molar-refractivity contribution in [2.24, 2.45) is 0 Å². The molecule has 0 bridgehead atoms. The Kier molecular flexibility index (Phi) is 7.15. The molecular formula is C18H25ClN2O7S. The largest absolute Gasteiger partial charge is 0.378 e. The van der Waals surface area contributed by atoms with Gasteiger partial charge in [0.25, 0.3) is 5.91 Å². The maximum Gasteiger partial charge on any atom is 0.279 e. The molecule has 2 aliphatic heterocycles. The minimum absolute atomic E-state index is 0.0464. The van der Waals surface area contributed by atoms with Crippen LogP contribution in [0.5, 0.6) is 0 Å². The Hall–Kier alpha value is -1.27. The van der Waals surface area contributed by atoms with Crippen molar-refractivity contribution in [2.75, 3.05) is 26.3 Å². The third-order valence-electron chi connectivity index (χ3n) is 5.43. The summed E-state index contributed by atoms with van der Waals surface area (Å²) in [4.78, 5) is 11.9. The lowest BCUT2D eigenvalue weighted by molar-refractivity contribution is -0.161. The molecule has 2 saturated heterocycles. The lowest BCUT2D eigenvalue weighted by Gasteiger charge is -2.41. The van der Waals surface area contributed by atoms with E-state index in [-0.39, 0.29) is 32.2 Å². The van der Waals surface area contributed by atoms with E-state index in [9.17, 15) is 18.3 Å². The number of amides is 1. The molecule has 0 aromatic heterocycles. The summed E-state index contributed by atoms with van der Waals surface area (Å²) < 4.78 is 38.4. The Morgan fingerprint density at radius 1 is 1.31 bits per heavy atom. The first-order valence-corrected chi connectivity index (χ1v) is 11.3. The minimum Gasteiger partial charge on any atom is -0.378 e. The number of ether oxygens (including phenoxy) is 2. The summed E-state index contributed by atoms with van der Waals surface area (Å²) in [5.74, 6) is -1.19. The maximum absolute atomic E-state index is 13.1. The van der Waals surface area contributed by atoms with Gasteiger partial charge in [-0.05, 0) is 30.9 Å².